The fraction of sp³-hybridized carbons (Fsp3) is 0.889. The van der Waals surface area contributed by atoms with Crippen LogP contribution in [0.3, 0.4) is 0 Å². The second-order valence-corrected chi connectivity index (χ2v) is 5.68. The molecule has 0 aromatic carbocycles. The summed E-state index contributed by atoms with van der Waals surface area (Å²) in [6.07, 6.45) is 0. The summed E-state index contributed by atoms with van der Waals surface area (Å²) < 4.78 is 30.5. The number of amidine groups is 1. The fourth-order valence-corrected chi connectivity index (χ4v) is 2.37. The van der Waals surface area contributed by atoms with E-state index in [-0.39, 0.29) is 24.1 Å². The number of sulfonamides is 1. The molecule has 0 aliphatic rings. The molecule has 0 aliphatic carbocycles. The maximum absolute atomic E-state index is 11.6. The van der Waals surface area contributed by atoms with Crippen LogP contribution in [0.25, 0.3) is 0 Å². The van der Waals surface area contributed by atoms with Gasteiger partial charge in [0.2, 0.25) is 10.0 Å². The first kappa shape index (κ1) is 15.3. The van der Waals surface area contributed by atoms with Gasteiger partial charge < -0.3 is 10.5 Å². The van der Waals surface area contributed by atoms with Gasteiger partial charge in [-0.1, -0.05) is 13.8 Å². The lowest BCUT2D eigenvalue weighted by atomic mass is 10.1. The Hall–Kier alpha value is -0.660. The van der Waals surface area contributed by atoms with Gasteiger partial charge in [0.1, 0.15) is 5.84 Å². The Morgan fingerprint density at radius 1 is 1.50 bits per heavy atom. The van der Waals surface area contributed by atoms with Crippen molar-refractivity contribution in [3.63, 3.8) is 0 Å². The molecule has 0 radical (unpaired) electrons. The molecule has 0 spiro atoms. The minimum atomic E-state index is -3.44. The van der Waals surface area contributed by atoms with Crippen LogP contribution in [0, 0.1) is 11.3 Å². The molecule has 0 heterocycles. The van der Waals surface area contributed by atoms with Gasteiger partial charge in [-0.2, -0.15) is 0 Å². The van der Waals surface area contributed by atoms with Crippen molar-refractivity contribution in [1.82, 2.24) is 4.72 Å². The summed E-state index contributed by atoms with van der Waals surface area (Å²) in [5.74, 6) is -0.341. The van der Waals surface area contributed by atoms with Crippen molar-refractivity contribution in [3.05, 3.63) is 0 Å². The maximum Gasteiger partial charge on any atom is 0.214 e. The first-order chi connectivity index (χ1) is 7.30. The Balaban J connectivity index is 4.37. The van der Waals surface area contributed by atoms with Crippen molar-refractivity contribution < 1.29 is 13.2 Å². The summed E-state index contributed by atoms with van der Waals surface area (Å²) in [4.78, 5) is 0. The van der Waals surface area contributed by atoms with Gasteiger partial charge in [-0.05, 0) is 12.8 Å². The third kappa shape index (κ3) is 6.04. The Morgan fingerprint density at radius 2 is 2.06 bits per heavy atom. The van der Waals surface area contributed by atoms with Crippen molar-refractivity contribution in [1.29, 1.82) is 5.41 Å². The summed E-state index contributed by atoms with van der Waals surface area (Å²) in [5, 5.41) is 7.29. The zero-order valence-corrected chi connectivity index (χ0v) is 10.8. The first-order valence-electron chi connectivity index (χ1n) is 5.21. The van der Waals surface area contributed by atoms with Crippen molar-refractivity contribution in [2.24, 2.45) is 11.7 Å². The highest BCUT2D eigenvalue weighted by Gasteiger charge is 2.22. The lowest BCUT2D eigenvalue weighted by molar-refractivity contribution is 0.163. The molecule has 0 amide bonds. The van der Waals surface area contributed by atoms with Crippen LogP contribution in [0.1, 0.15) is 20.8 Å². The van der Waals surface area contributed by atoms with Crippen LogP contribution < -0.4 is 10.5 Å². The number of hydrogen-bond donors (Lipinski definition) is 3. The first-order valence-corrected chi connectivity index (χ1v) is 6.87. The topological polar surface area (TPSA) is 105 Å². The number of rotatable bonds is 8. The zero-order chi connectivity index (χ0) is 12.8. The molecule has 0 saturated heterocycles. The van der Waals surface area contributed by atoms with Gasteiger partial charge in [0.15, 0.2) is 0 Å². The predicted molar refractivity (Wildman–Crippen MR) is 64.0 cm³/mol. The average molecular weight is 251 g/mol. The Morgan fingerprint density at radius 3 is 2.44 bits per heavy atom. The van der Waals surface area contributed by atoms with Gasteiger partial charge >= 0.3 is 0 Å². The lowest BCUT2D eigenvalue weighted by Gasteiger charge is -2.20. The highest BCUT2D eigenvalue weighted by atomic mass is 32.2. The van der Waals surface area contributed by atoms with E-state index in [0.717, 1.165) is 0 Å². The summed E-state index contributed by atoms with van der Waals surface area (Å²) >= 11 is 0. The zero-order valence-electron chi connectivity index (χ0n) is 9.99. The second-order valence-electron chi connectivity index (χ2n) is 3.81. The lowest BCUT2D eigenvalue weighted by Crippen LogP contribution is -2.48. The summed E-state index contributed by atoms with van der Waals surface area (Å²) in [7, 11) is -3.44. The molecule has 0 rings (SSSR count). The van der Waals surface area contributed by atoms with Crippen molar-refractivity contribution >= 4 is 15.9 Å². The molecular formula is C9H21N3O3S. The van der Waals surface area contributed by atoms with Crippen LogP contribution in [0.2, 0.25) is 0 Å². The third-order valence-electron chi connectivity index (χ3n) is 2.01. The number of nitrogens with one attached hydrogen (secondary N) is 2. The molecule has 0 bridgehead atoms. The van der Waals surface area contributed by atoms with Crippen LogP contribution >= 0.6 is 0 Å². The van der Waals surface area contributed by atoms with Crippen LogP contribution in [0.5, 0.6) is 0 Å². The SMILES string of the molecule is CCOCCS(=O)(=O)NC(C(=N)N)C(C)C. The average Bonchev–Trinajstić information content (AvgIpc) is 2.13. The van der Waals surface area contributed by atoms with Crippen LogP contribution in [0.4, 0.5) is 0 Å². The van der Waals surface area contributed by atoms with E-state index in [4.69, 9.17) is 15.9 Å². The molecule has 0 aromatic rings. The molecule has 6 nitrogen and oxygen atoms in total. The van der Waals surface area contributed by atoms with Crippen LogP contribution in [-0.4, -0.2) is 39.3 Å². The minimum absolute atomic E-state index is 0.0561. The molecule has 4 N–H and O–H groups in total. The van der Waals surface area contributed by atoms with E-state index in [9.17, 15) is 8.42 Å². The smallest absolute Gasteiger partial charge is 0.214 e. The molecule has 1 unspecified atom stereocenters. The van der Waals surface area contributed by atoms with Gasteiger partial charge in [-0.25, -0.2) is 13.1 Å². The number of nitrogens with two attached hydrogens (primary N) is 1. The second kappa shape index (κ2) is 6.82. The van der Waals surface area contributed by atoms with Crippen LogP contribution in [0.15, 0.2) is 0 Å². The van der Waals surface area contributed by atoms with Gasteiger partial charge in [0.05, 0.1) is 18.4 Å². The van der Waals surface area contributed by atoms with Crippen molar-refractivity contribution in [3.8, 4) is 0 Å². The molecule has 16 heavy (non-hydrogen) atoms. The third-order valence-corrected chi connectivity index (χ3v) is 3.33. The van der Waals surface area contributed by atoms with E-state index in [1.165, 1.54) is 0 Å². The standard InChI is InChI=1S/C9H21N3O3S/c1-4-15-5-6-16(13,14)12-8(7(2)3)9(10)11/h7-8,12H,4-6H2,1-3H3,(H3,10,11). The van der Waals surface area contributed by atoms with Gasteiger partial charge in [-0.3, -0.25) is 5.41 Å². The molecule has 0 fully saturated rings. The minimum Gasteiger partial charge on any atom is -0.386 e. The number of hydrogen-bond acceptors (Lipinski definition) is 4. The van der Waals surface area contributed by atoms with Gasteiger partial charge in [0.25, 0.3) is 0 Å². The molecule has 0 saturated carbocycles. The molecular weight excluding hydrogens is 230 g/mol. The highest BCUT2D eigenvalue weighted by Crippen LogP contribution is 2.03. The quantitative estimate of drug-likeness (QED) is 0.318. The Bertz CT molecular complexity index is 314. The fourth-order valence-electron chi connectivity index (χ4n) is 1.12. The van der Waals surface area contributed by atoms with E-state index in [1.807, 2.05) is 0 Å². The largest absolute Gasteiger partial charge is 0.386 e. The molecule has 1 atom stereocenters. The van der Waals surface area contributed by atoms with E-state index in [0.29, 0.717) is 6.61 Å². The Labute approximate surface area is 97.1 Å². The van der Waals surface area contributed by atoms with E-state index >= 15 is 0 Å². The molecule has 0 aliphatic heterocycles. The normalized spacial score (nSPS) is 14.0. The van der Waals surface area contributed by atoms with E-state index in [1.54, 1.807) is 20.8 Å². The summed E-state index contributed by atoms with van der Waals surface area (Å²) in [6.45, 7) is 6.03. The number of ether oxygens (including phenoxy) is 1. The summed E-state index contributed by atoms with van der Waals surface area (Å²) in [6, 6.07) is -0.647. The Kier molecular flexibility index (Phi) is 6.54. The van der Waals surface area contributed by atoms with Crippen molar-refractivity contribution in [2.45, 2.75) is 26.8 Å². The molecule has 96 valence electrons. The summed E-state index contributed by atoms with van der Waals surface area (Å²) in [5.41, 5.74) is 5.32. The predicted octanol–water partition coefficient (Wildman–Crippen LogP) is -0.0971. The van der Waals surface area contributed by atoms with E-state index in [2.05, 4.69) is 4.72 Å². The monoisotopic (exact) mass is 251 g/mol. The van der Waals surface area contributed by atoms with Gasteiger partial charge in [-0.15, -0.1) is 0 Å². The molecule has 7 heteroatoms. The van der Waals surface area contributed by atoms with Gasteiger partial charge in [0, 0.05) is 6.61 Å². The van der Waals surface area contributed by atoms with Crippen LogP contribution in [-0.2, 0) is 14.8 Å². The maximum atomic E-state index is 11.6. The van der Waals surface area contributed by atoms with E-state index < -0.39 is 16.1 Å². The highest BCUT2D eigenvalue weighted by molar-refractivity contribution is 7.89. The van der Waals surface area contributed by atoms with Crippen molar-refractivity contribution in [2.75, 3.05) is 19.0 Å². The molecule has 0 aromatic heterocycles.